The molecule has 0 heterocycles. The highest BCUT2D eigenvalue weighted by Gasteiger charge is 2.41. The molecule has 0 bridgehead atoms. The fraction of sp³-hybridized carbons (Fsp3) is 0.857. The highest BCUT2D eigenvalue weighted by Crippen LogP contribution is 2.39. The number of aliphatic carboxylic acids is 1. The van der Waals surface area contributed by atoms with E-state index in [-0.39, 0.29) is 18.4 Å². The van der Waals surface area contributed by atoms with E-state index in [9.17, 15) is 14.7 Å². The molecule has 19 heavy (non-hydrogen) atoms. The number of nitrogens with one attached hydrogen (secondary N) is 1. The molecule has 1 saturated carbocycles. The minimum Gasteiger partial charge on any atom is -0.481 e. The molecule has 1 aliphatic rings. The van der Waals surface area contributed by atoms with E-state index in [1.165, 1.54) is 0 Å². The molecule has 0 radical (unpaired) electrons. The van der Waals surface area contributed by atoms with Gasteiger partial charge in [0, 0.05) is 13.0 Å². The van der Waals surface area contributed by atoms with Crippen molar-refractivity contribution in [2.24, 2.45) is 5.41 Å². The normalized spacial score (nSPS) is 19.7. The molecule has 0 saturated heterocycles. The maximum atomic E-state index is 11.8. The molecule has 0 aromatic rings. The lowest BCUT2D eigenvalue weighted by Crippen LogP contribution is -2.39. The molecule has 1 atom stereocenters. The molecule has 1 rings (SSSR count). The van der Waals surface area contributed by atoms with Gasteiger partial charge in [0.1, 0.15) is 0 Å². The van der Waals surface area contributed by atoms with Crippen LogP contribution in [0.25, 0.3) is 0 Å². The first-order valence-electron chi connectivity index (χ1n) is 7.14. The highest BCUT2D eigenvalue weighted by atomic mass is 16.4. The van der Waals surface area contributed by atoms with Gasteiger partial charge in [0.25, 0.3) is 0 Å². The SMILES string of the molecule is CC(O)CCCNC(=O)CC1(C(=O)O)CCCCC1. The maximum absolute atomic E-state index is 11.8. The fourth-order valence-electron chi connectivity index (χ4n) is 2.69. The Hall–Kier alpha value is -1.10. The molecule has 0 spiro atoms. The van der Waals surface area contributed by atoms with Crippen molar-refractivity contribution in [3.05, 3.63) is 0 Å². The molecular formula is C14H25NO4. The van der Waals surface area contributed by atoms with Crippen LogP contribution in [0.5, 0.6) is 0 Å². The summed E-state index contributed by atoms with van der Waals surface area (Å²) in [5, 5.41) is 21.2. The first-order valence-corrected chi connectivity index (χ1v) is 7.14. The number of carbonyl (C=O) groups is 2. The van der Waals surface area contributed by atoms with Crippen molar-refractivity contribution in [1.82, 2.24) is 5.32 Å². The number of rotatable bonds is 7. The van der Waals surface area contributed by atoms with Crippen LogP contribution in [0.4, 0.5) is 0 Å². The van der Waals surface area contributed by atoms with E-state index >= 15 is 0 Å². The first-order chi connectivity index (χ1) is 8.96. The summed E-state index contributed by atoms with van der Waals surface area (Å²) >= 11 is 0. The predicted octanol–water partition coefficient (Wildman–Crippen LogP) is 1.69. The lowest BCUT2D eigenvalue weighted by Gasteiger charge is -2.32. The zero-order valence-electron chi connectivity index (χ0n) is 11.7. The van der Waals surface area contributed by atoms with Gasteiger partial charge in [-0.05, 0) is 32.6 Å². The van der Waals surface area contributed by atoms with Gasteiger partial charge in [0.2, 0.25) is 5.91 Å². The number of aliphatic hydroxyl groups excluding tert-OH is 1. The number of hydrogen-bond donors (Lipinski definition) is 3. The van der Waals surface area contributed by atoms with E-state index in [0.29, 0.717) is 32.2 Å². The van der Waals surface area contributed by atoms with Crippen molar-refractivity contribution in [3.8, 4) is 0 Å². The van der Waals surface area contributed by atoms with Gasteiger partial charge in [0.05, 0.1) is 11.5 Å². The van der Waals surface area contributed by atoms with Gasteiger partial charge in [-0.2, -0.15) is 0 Å². The van der Waals surface area contributed by atoms with E-state index in [0.717, 1.165) is 19.3 Å². The molecule has 5 nitrogen and oxygen atoms in total. The van der Waals surface area contributed by atoms with Crippen molar-refractivity contribution in [2.45, 2.75) is 64.4 Å². The molecule has 1 fully saturated rings. The average molecular weight is 271 g/mol. The lowest BCUT2D eigenvalue weighted by atomic mass is 9.71. The molecule has 0 aromatic carbocycles. The second kappa shape index (κ2) is 7.48. The Kier molecular flexibility index (Phi) is 6.28. The molecule has 1 unspecified atom stereocenters. The second-order valence-electron chi connectivity index (χ2n) is 5.66. The summed E-state index contributed by atoms with van der Waals surface area (Å²) in [6, 6.07) is 0. The van der Waals surface area contributed by atoms with Crippen molar-refractivity contribution < 1.29 is 19.8 Å². The number of amides is 1. The van der Waals surface area contributed by atoms with Gasteiger partial charge in [0.15, 0.2) is 0 Å². The van der Waals surface area contributed by atoms with Crippen LogP contribution < -0.4 is 5.32 Å². The minimum atomic E-state index is -0.855. The van der Waals surface area contributed by atoms with E-state index in [1.54, 1.807) is 6.92 Å². The van der Waals surface area contributed by atoms with Crippen LogP contribution >= 0.6 is 0 Å². The summed E-state index contributed by atoms with van der Waals surface area (Å²) in [5.41, 5.74) is -0.855. The molecule has 1 amide bonds. The van der Waals surface area contributed by atoms with E-state index < -0.39 is 11.4 Å². The second-order valence-corrected chi connectivity index (χ2v) is 5.66. The number of carboxylic acid groups (broad SMARTS) is 1. The Morgan fingerprint density at radius 2 is 1.89 bits per heavy atom. The van der Waals surface area contributed by atoms with Gasteiger partial charge < -0.3 is 15.5 Å². The summed E-state index contributed by atoms with van der Waals surface area (Å²) in [5.74, 6) is -1.03. The standard InChI is InChI=1S/C14H25NO4/c1-11(16)6-5-9-15-12(17)10-14(13(18)19)7-3-2-4-8-14/h11,16H,2-10H2,1H3,(H,15,17)(H,18,19). The predicted molar refractivity (Wildman–Crippen MR) is 71.7 cm³/mol. The zero-order valence-corrected chi connectivity index (χ0v) is 11.7. The van der Waals surface area contributed by atoms with Crippen molar-refractivity contribution in [3.63, 3.8) is 0 Å². The number of carbonyl (C=O) groups excluding carboxylic acids is 1. The number of hydrogen-bond acceptors (Lipinski definition) is 3. The third kappa shape index (κ3) is 5.19. The Balaban J connectivity index is 2.37. The third-order valence-electron chi connectivity index (χ3n) is 3.88. The van der Waals surface area contributed by atoms with Crippen molar-refractivity contribution in [2.75, 3.05) is 6.54 Å². The molecule has 0 aliphatic heterocycles. The first kappa shape index (κ1) is 16.0. The lowest BCUT2D eigenvalue weighted by molar-refractivity contribution is -0.154. The zero-order chi connectivity index (χ0) is 14.3. The molecule has 3 N–H and O–H groups in total. The Morgan fingerprint density at radius 1 is 1.26 bits per heavy atom. The topological polar surface area (TPSA) is 86.6 Å². The summed E-state index contributed by atoms with van der Waals surface area (Å²) in [4.78, 5) is 23.2. The van der Waals surface area contributed by atoms with Crippen LogP contribution in [-0.2, 0) is 9.59 Å². The van der Waals surface area contributed by atoms with Crippen LogP contribution in [0.1, 0.15) is 58.3 Å². The van der Waals surface area contributed by atoms with Gasteiger partial charge in [-0.15, -0.1) is 0 Å². The van der Waals surface area contributed by atoms with Crippen LogP contribution in [0, 0.1) is 5.41 Å². The van der Waals surface area contributed by atoms with Crippen LogP contribution in [-0.4, -0.2) is 34.7 Å². The largest absolute Gasteiger partial charge is 0.481 e. The Morgan fingerprint density at radius 3 is 2.42 bits per heavy atom. The molecule has 110 valence electrons. The smallest absolute Gasteiger partial charge is 0.310 e. The molecular weight excluding hydrogens is 246 g/mol. The average Bonchev–Trinajstić information content (AvgIpc) is 2.35. The number of aliphatic hydroxyl groups is 1. The quantitative estimate of drug-likeness (QED) is 0.615. The van der Waals surface area contributed by atoms with Crippen molar-refractivity contribution in [1.29, 1.82) is 0 Å². The monoisotopic (exact) mass is 271 g/mol. The molecule has 1 aliphatic carbocycles. The van der Waals surface area contributed by atoms with Gasteiger partial charge in [-0.3, -0.25) is 9.59 Å². The summed E-state index contributed by atoms with van der Waals surface area (Å²) in [7, 11) is 0. The number of carboxylic acids is 1. The third-order valence-corrected chi connectivity index (χ3v) is 3.88. The Bertz CT molecular complexity index is 309. The summed E-state index contributed by atoms with van der Waals surface area (Å²) in [6.45, 7) is 2.21. The van der Waals surface area contributed by atoms with Crippen LogP contribution in [0.3, 0.4) is 0 Å². The molecule has 0 aromatic heterocycles. The van der Waals surface area contributed by atoms with Gasteiger partial charge >= 0.3 is 5.97 Å². The van der Waals surface area contributed by atoms with Gasteiger partial charge in [-0.25, -0.2) is 0 Å². The summed E-state index contributed by atoms with van der Waals surface area (Å²) < 4.78 is 0. The Labute approximate surface area is 114 Å². The van der Waals surface area contributed by atoms with E-state index in [4.69, 9.17) is 5.11 Å². The van der Waals surface area contributed by atoms with Crippen molar-refractivity contribution >= 4 is 11.9 Å². The molecule has 5 heteroatoms. The van der Waals surface area contributed by atoms with E-state index in [2.05, 4.69) is 5.32 Å². The van der Waals surface area contributed by atoms with Crippen LogP contribution in [0.15, 0.2) is 0 Å². The van der Waals surface area contributed by atoms with Crippen LogP contribution in [0.2, 0.25) is 0 Å². The minimum absolute atomic E-state index is 0.0804. The maximum Gasteiger partial charge on any atom is 0.310 e. The van der Waals surface area contributed by atoms with Gasteiger partial charge in [-0.1, -0.05) is 19.3 Å². The fourth-order valence-corrected chi connectivity index (χ4v) is 2.69. The summed E-state index contributed by atoms with van der Waals surface area (Å²) in [6.07, 6.45) is 5.12. The van der Waals surface area contributed by atoms with E-state index in [1.807, 2.05) is 0 Å². The highest BCUT2D eigenvalue weighted by molar-refractivity contribution is 5.85.